The molecule has 0 aromatic heterocycles. The molecule has 0 spiro atoms. The maximum absolute atomic E-state index is 5.66. The number of rotatable bonds is 6. The van der Waals surface area contributed by atoms with Crippen molar-refractivity contribution in [3.8, 4) is 0 Å². The summed E-state index contributed by atoms with van der Waals surface area (Å²) in [5.74, 6) is 0.743. The second-order valence-corrected chi connectivity index (χ2v) is 3.59. The summed E-state index contributed by atoms with van der Waals surface area (Å²) in [6.45, 7) is 10.7. The third-order valence-electron chi connectivity index (χ3n) is 2.38. The smallest absolute Gasteiger partial charge is 0.119 e. The van der Waals surface area contributed by atoms with E-state index in [2.05, 4.69) is 6.58 Å². The molecule has 0 aliphatic carbocycles. The third-order valence-corrected chi connectivity index (χ3v) is 2.38. The van der Waals surface area contributed by atoms with E-state index in [9.17, 15) is 0 Å². The molecule has 0 heterocycles. The highest BCUT2D eigenvalue weighted by Crippen LogP contribution is 2.09. The minimum Gasteiger partial charge on any atom is -0.489 e. The minimum absolute atomic E-state index is 0.503. The van der Waals surface area contributed by atoms with Crippen LogP contribution in [0.1, 0.15) is 26.3 Å². The van der Waals surface area contributed by atoms with Crippen LogP contribution < -0.4 is 5.73 Å². The van der Waals surface area contributed by atoms with Gasteiger partial charge in [-0.3, -0.25) is 0 Å². The van der Waals surface area contributed by atoms with Gasteiger partial charge in [0.05, 0.1) is 0 Å². The first-order valence-electron chi connectivity index (χ1n) is 6.66. The maximum Gasteiger partial charge on any atom is 0.119 e. The summed E-state index contributed by atoms with van der Waals surface area (Å²) in [5.41, 5.74) is 7.76. The lowest BCUT2D eigenvalue weighted by atomic mass is 10.2. The van der Waals surface area contributed by atoms with Gasteiger partial charge in [-0.05, 0) is 30.2 Å². The van der Waals surface area contributed by atoms with Crippen molar-refractivity contribution in [1.29, 1.82) is 0 Å². The molecule has 0 bridgehead atoms. The lowest BCUT2D eigenvalue weighted by Crippen LogP contribution is -2.02. The predicted octanol–water partition coefficient (Wildman–Crippen LogP) is 4.20. The topological polar surface area (TPSA) is 35.2 Å². The van der Waals surface area contributed by atoms with Crippen LogP contribution in [0.25, 0.3) is 0 Å². The largest absolute Gasteiger partial charge is 0.489 e. The highest BCUT2D eigenvalue weighted by molar-refractivity contribution is 5.26. The number of allylic oxidation sites excluding steroid dienone is 2. The monoisotopic (exact) mass is 259 g/mol. The molecule has 0 aliphatic heterocycles. The van der Waals surface area contributed by atoms with Crippen LogP contribution in [0.2, 0.25) is 0 Å². The van der Waals surface area contributed by atoms with E-state index in [0.29, 0.717) is 13.2 Å². The predicted molar refractivity (Wildman–Crippen MR) is 83.7 cm³/mol. The van der Waals surface area contributed by atoms with Gasteiger partial charge in [-0.25, -0.2) is 0 Å². The Bertz CT molecular complexity index is 405. The number of benzene rings is 1. The van der Waals surface area contributed by atoms with Crippen LogP contribution in [0.5, 0.6) is 0 Å². The molecule has 0 fully saturated rings. The Kier molecular flexibility index (Phi) is 10.2. The molecule has 2 heteroatoms. The van der Waals surface area contributed by atoms with Crippen LogP contribution in [0.3, 0.4) is 0 Å². The Labute approximate surface area is 117 Å². The van der Waals surface area contributed by atoms with E-state index < -0.39 is 0 Å². The lowest BCUT2D eigenvalue weighted by molar-refractivity contribution is 0.211. The molecular formula is C17H25NO. The number of ether oxygens (including phenoxy) is 1. The summed E-state index contributed by atoms with van der Waals surface area (Å²) >= 11 is 0. The molecule has 1 rings (SSSR count). The van der Waals surface area contributed by atoms with Crippen LogP contribution in [-0.2, 0) is 11.3 Å². The van der Waals surface area contributed by atoms with Crippen molar-refractivity contribution < 1.29 is 4.74 Å². The molecule has 0 aliphatic rings. The number of hydrogen-bond acceptors (Lipinski definition) is 2. The highest BCUT2D eigenvalue weighted by atomic mass is 16.5. The van der Waals surface area contributed by atoms with E-state index in [-0.39, 0.29) is 0 Å². The normalized spacial score (nSPS) is 11.4. The van der Waals surface area contributed by atoms with Gasteiger partial charge in [0, 0.05) is 6.54 Å². The molecule has 1 aromatic carbocycles. The van der Waals surface area contributed by atoms with Gasteiger partial charge >= 0.3 is 0 Å². The fourth-order valence-electron chi connectivity index (χ4n) is 1.34. The minimum atomic E-state index is 0.503. The highest BCUT2D eigenvalue weighted by Gasteiger charge is 1.96. The molecule has 19 heavy (non-hydrogen) atoms. The molecule has 0 unspecified atom stereocenters. The quantitative estimate of drug-likeness (QED) is 0.613. The van der Waals surface area contributed by atoms with E-state index in [4.69, 9.17) is 10.5 Å². The van der Waals surface area contributed by atoms with Gasteiger partial charge in [0.15, 0.2) is 0 Å². The fraction of sp³-hybridized carbons (Fsp3) is 0.294. The zero-order valence-corrected chi connectivity index (χ0v) is 12.2. The molecule has 0 atom stereocenters. The van der Waals surface area contributed by atoms with E-state index in [0.717, 1.165) is 16.9 Å². The van der Waals surface area contributed by atoms with Crippen molar-refractivity contribution >= 4 is 0 Å². The summed E-state index contributed by atoms with van der Waals surface area (Å²) < 4.78 is 5.66. The average Bonchev–Trinajstić information content (AvgIpc) is 2.51. The first-order chi connectivity index (χ1) is 9.30. The Hall–Kier alpha value is -1.80. The zero-order chi connectivity index (χ0) is 14.5. The third kappa shape index (κ3) is 7.27. The Morgan fingerprint density at radius 1 is 1.26 bits per heavy atom. The molecule has 0 saturated heterocycles. The second-order valence-electron chi connectivity index (χ2n) is 3.59. The maximum atomic E-state index is 5.66. The summed E-state index contributed by atoms with van der Waals surface area (Å²) in [5, 5.41) is 0. The van der Waals surface area contributed by atoms with Crippen LogP contribution in [-0.4, -0.2) is 6.54 Å². The second kappa shape index (κ2) is 11.3. The van der Waals surface area contributed by atoms with Gasteiger partial charge < -0.3 is 10.5 Å². The van der Waals surface area contributed by atoms with Crippen molar-refractivity contribution in [2.45, 2.75) is 27.4 Å². The van der Waals surface area contributed by atoms with E-state index in [1.54, 1.807) is 6.08 Å². The standard InChI is InChI=1S/C15H19NO.C2H6/c1-3-13(11-16)10-15(4-2)17-12-14-8-6-5-7-9-14;1-2/h3-10H,2,11-12,16H2,1H3;1-2H3/b13-3+,15-10+;. The Morgan fingerprint density at radius 3 is 2.37 bits per heavy atom. The zero-order valence-electron chi connectivity index (χ0n) is 12.2. The summed E-state index contributed by atoms with van der Waals surface area (Å²) in [6, 6.07) is 10.0. The summed E-state index contributed by atoms with van der Waals surface area (Å²) in [6.07, 6.45) is 5.58. The van der Waals surface area contributed by atoms with Crippen molar-refractivity contribution in [3.63, 3.8) is 0 Å². The molecule has 0 amide bonds. The van der Waals surface area contributed by atoms with Crippen molar-refractivity contribution in [3.05, 3.63) is 72.0 Å². The van der Waals surface area contributed by atoms with E-state index >= 15 is 0 Å². The van der Waals surface area contributed by atoms with Gasteiger partial charge in [0.1, 0.15) is 12.4 Å². The molecule has 2 N–H and O–H groups in total. The average molecular weight is 259 g/mol. The first kappa shape index (κ1) is 17.2. The van der Waals surface area contributed by atoms with Crippen LogP contribution in [0.4, 0.5) is 0 Å². The molecule has 1 aromatic rings. The van der Waals surface area contributed by atoms with Crippen molar-refractivity contribution in [2.75, 3.05) is 6.54 Å². The molecule has 0 saturated carbocycles. The van der Waals surface area contributed by atoms with Gasteiger partial charge in [-0.2, -0.15) is 0 Å². The SMILES string of the molecule is C=C/C(=C\C(=C/C)CN)OCc1ccccc1.CC. The van der Waals surface area contributed by atoms with Gasteiger partial charge in [-0.1, -0.05) is 56.8 Å². The summed E-state index contributed by atoms with van der Waals surface area (Å²) in [7, 11) is 0. The number of hydrogen-bond donors (Lipinski definition) is 1. The van der Waals surface area contributed by atoms with Crippen LogP contribution >= 0.6 is 0 Å². The summed E-state index contributed by atoms with van der Waals surface area (Å²) in [4.78, 5) is 0. The van der Waals surface area contributed by atoms with E-state index in [1.807, 2.05) is 63.3 Å². The van der Waals surface area contributed by atoms with Gasteiger partial charge in [0.25, 0.3) is 0 Å². The van der Waals surface area contributed by atoms with Crippen molar-refractivity contribution in [1.82, 2.24) is 0 Å². The molecule has 0 radical (unpaired) electrons. The van der Waals surface area contributed by atoms with Gasteiger partial charge in [-0.15, -0.1) is 0 Å². The van der Waals surface area contributed by atoms with Crippen LogP contribution in [0, 0.1) is 0 Å². The Balaban J connectivity index is 0.00000154. The van der Waals surface area contributed by atoms with E-state index in [1.165, 1.54) is 0 Å². The molecule has 2 nitrogen and oxygen atoms in total. The molecule has 104 valence electrons. The van der Waals surface area contributed by atoms with Crippen molar-refractivity contribution in [2.24, 2.45) is 5.73 Å². The number of nitrogens with two attached hydrogens (primary N) is 1. The van der Waals surface area contributed by atoms with Crippen LogP contribution in [0.15, 0.2) is 66.5 Å². The van der Waals surface area contributed by atoms with Gasteiger partial charge in [0.2, 0.25) is 0 Å². The first-order valence-corrected chi connectivity index (χ1v) is 6.66. The fourth-order valence-corrected chi connectivity index (χ4v) is 1.34. The lowest BCUT2D eigenvalue weighted by Gasteiger charge is -2.07. The molecular weight excluding hydrogens is 234 g/mol. The Morgan fingerprint density at radius 2 is 1.89 bits per heavy atom.